The summed E-state index contributed by atoms with van der Waals surface area (Å²) < 4.78 is 7.51. The van der Waals surface area contributed by atoms with Crippen molar-refractivity contribution in [2.24, 2.45) is 0 Å². The minimum Gasteiger partial charge on any atom is -0.455 e. The number of anilines is 1. The number of hydrogen-bond donors (Lipinski definition) is 1. The van der Waals surface area contributed by atoms with E-state index in [1.165, 1.54) is 23.1 Å². The Kier molecular flexibility index (Phi) is 5.53. The average Bonchev–Trinajstić information content (AvgIpc) is 3.30. The van der Waals surface area contributed by atoms with Gasteiger partial charge in [-0.3, -0.25) is 4.79 Å². The van der Waals surface area contributed by atoms with Gasteiger partial charge in [0.2, 0.25) is 5.91 Å². The number of esters is 1. The van der Waals surface area contributed by atoms with Crippen LogP contribution in [0.25, 0.3) is 0 Å². The van der Waals surface area contributed by atoms with Gasteiger partial charge < -0.3 is 14.6 Å². The van der Waals surface area contributed by atoms with E-state index in [1.807, 2.05) is 31.4 Å². The number of nitrogens with one attached hydrogen (secondary N) is 1. The van der Waals surface area contributed by atoms with Gasteiger partial charge in [-0.1, -0.05) is 6.07 Å². The van der Waals surface area contributed by atoms with Gasteiger partial charge in [0.05, 0.1) is 17.8 Å². The number of rotatable bonds is 6. The van der Waals surface area contributed by atoms with Crippen LogP contribution in [-0.4, -0.2) is 21.4 Å². The lowest BCUT2D eigenvalue weighted by Crippen LogP contribution is -2.09. The Morgan fingerprint density at radius 2 is 2.12 bits per heavy atom. The normalized spacial score (nSPS) is 10.7. The Bertz CT molecular complexity index is 926. The maximum atomic E-state index is 12.5. The molecule has 26 heavy (non-hydrogen) atoms. The first-order chi connectivity index (χ1) is 12.4. The van der Waals surface area contributed by atoms with E-state index in [0.717, 1.165) is 17.9 Å². The summed E-state index contributed by atoms with van der Waals surface area (Å²) in [6, 6.07) is 5.96. The average molecular weight is 390 g/mol. The first-order valence-electron chi connectivity index (χ1n) is 8.02. The molecule has 0 atom stereocenters. The third-order valence-corrected chi connectivity index (χ3v) is 5.54. The molecule has 1 amide bonds. The maximum absolute atomic E-state index is 12.5. The highest BCUT2D eigenvalue weighted by molar-refractivity contribution is 7.13. The lowest BCUT2D eigenvalue weighted by atomic mass is 10.2. The van der Waals surface area contributed by atoms with E-state index in [-0.39, 0.29) is 18.5 Å². The van der Waals surface area contributed by atoms with Crippen LogP contribution in [0.5, 0.6) is 0 Å². The van der Waals surface area contributed by atoms with Crippen LogP contribution in [0.15, 0.2) is 29.0 Å². The SMILES string of the molecule is CC(=O)Nc1nc(COC(=O)c2cc(C)n(Cc3cccs3)c2C)cs1. The van der Waals surface area contributed by atoms with E-state index in [9.17, 15) is 9.59 Å². The monoisotopic (exact) mass is 389 g/mol. The summed E-state index contributed by atoms with van der Waals surface area (Å²) in [4.78, 5) is 28.9. The smallest absolute Gasteiger partial charge is 0.340 e. The third kappa shape index (κ3) is 4.20. The van der Waals surface area contributed by atoms with E-state index < -0.39 is 0 Å². The fourth-order valence-corrected chi connectivity index (χ4v) is 4.04. The lowest BCUT2D eigenvalue weighted by Gasteiger charge is -2.08. The summed E-state index contributed by atoms with van der Waals surface area (Å²) in [5, 5.41) is 6.91. The fraction of sp³-hybridized carbons (Fsp3) is 0.278. The van der Waals surface area contributed by atoms with Crippen LogP contribution in [0.1, 0.15) is 39.2 Å². The first kappa shape index (κ1) is 18.3. The predicted octanol–water partition coefficient (Wildman–Crippen LogP) is 3.99. The summed E-state index contributed by atoms with van der Waals surface area (Å²) >= 11 is 2.99. The van der Waals surface area contributed by atoms with Crippen LogP contribution in [0.3, 0.4) is 0 Å². The standard InChI is InChI=1S/C18H19N3O3S2/c1-11-7-16(12(2)21(11)8-15-5-4-6-25-15)17(23)24-9-14-10-26-18(20-14)19-13(3)22/h4-7,10H,8-9H2,1-3H3,(H,19,20,22). The molecule has 0 aliphatic rings. The molecule has 0 radical (unpaired) electrons. The van der Waals surface area contributed by atoms with Crippen molar-refractivity contribution in [3.8, 4) is 0 Å². The van der Waals surface area contributed by atoms with Crippen molar-refractivity contribution >= 4 is 39.7 Å². The molecule has 3 rings (SSSR count). The second-order valence-electron chi connectivity index (χ2n) is 5.85. The van der Waals surface area contributed by atoms with Crippen molar-refractivity contribution in [3.05, 3.63) is 56.5 Å². The number of hydrogen-bond acceptors (Lipinski definition) is 6. The van der Waals surface area contributed by atoms with Crippen LogP contribution < -0.4 is 5.32 Å². The van der Waals surface area contributed by atoms with Gasteiger partial charge in [-0.2, -0.15) is 0 Å². The largest absolute Gasteiger partial charge is 0.455 e. The van der Waals surface area contributed by atoms with Gasteiger partial charge >= 0.3 is 5.97 Å². The highest BCUT2D eigenvalue weighted by Crippen LogP contribution is 2.21. The molecule has 6 nitrogen and oxygen atoms in total. The molecule has 0 spiro atoms. The molecule has 0 unspecified atom stereocenters. The Morgan fingerprint density at radius 1 is 1.31 bits per heavy atom. The Labute approximate surface area is 159 Å². The number of aryl methyl sites for hydroxylation is 1. The molecule has 3 heterocycles. The molecule has 3 aromatic rings. The highest BCUT2D eigenvalue weighted by atomic mass is 32.1. The number of aromatic nitrogens is 2. The Balaban J connectivity index is 1.66. The number of ether oxygens (including phenoxy) is 1. The van der Waals surface area contributed by atoms with Crippen LogP contribution in [0, 0.1) is 13.8 Å². The van der Waals surface area contributed by atoms with Gasteiger partial charge in [-0.05, 0) is 31.4 Å². The Morgan fingerprint density at radius 3 is 2.81 bits per heavy atom. The van der Waals surface area contributed by atoms with Crippen LogP contribution >= 0.6 is 22.7 Å². The van der Waals surface area contributed by atoms with Crippen molar-refractivity contribution in [1.82, 2.24) is 9.55 Å². The number of nitrogens with zero attached hydrogens (tertiary/aromatic N) is 2. The van der Waals surface area contributed by atoms with Crippen molar-refractivity contribution in [2.45, 2.75) is 33.9 Å². The second kappa shape index (κ2) is 7.84. The molecule has 0 saturated heterocycles. The highest BCUT2D eigenvalue weighted by Gasteiger charge is 2.18. The van der Waals surface area contributed by atoms with Gasteiger partial charge in [0.15, 0.2) is 5.13 Å². The van der Waals surface area contributed by atoms with Gasteiger partial charge in [-0.25, -0.2) is 9.78 Å². The zero-order valence-corrected chi connectivity index (χ0v) is 16.4. The molecular weight excluding hydrogens is 370 g/mol. The molecule has 0 aliphatic heterocycles. The summed E-state index contributed by atoms with van der Waals surface area (Å²) in [5.74, 6) is -0.550. The van der Waals surface area contributed by atoms with Crippen LogP contribution in [-0.2, 0) is 22.7 Å². The van der Waals surface area contributed by atoms with E-state index >= 15 is 0 Å². The lowest BCUT2D eigenvalue weighted by molar-refractivity contribution is -0.114. The Hall–Kier alpha value is -2.45. The predicted molar refractivity (Wildman–Crippen MR) is 103 cm³/mol. The minimum atomic E-state index is -0.371. The number of carbonyl (C=O) groups excluding carboxylic acids is 2. The van der Waals surface area contributed by atoms with Crippen molar-refractivity contribution in [2.75, 3.05) is 5.32 Å². The van der Waals surface area contributed by atoms with E-state index in [1.54, 1.807) is 16.7 Å². The number of carbonyl (C=O) groups is 2. The van der Waals surface area contributed by atoms with Crippen molar-refractivity contribution < 1.29 is 14.3 Å². The van der Waals surface area contributed by atoms with E-state index in [4.69, 9.17) is 4.74 Å². The quantitative estimate of drug-likeness (QED) is 0.647. The molecule has 0 aliphatic carbocycles. The molecule has 8 heteroatoms. The van der Waals surface area contributed by atoms with Gasteiger partial charge in [-0.15, -0.1) is 22.7 Å². The zero-order chi connectivity index (χ0) is 18.7. The number of thiophene rings is 1. The zero-order valence-electron chi connectivity index (χ0n) is 14.7. The van der Waals surface area contributed by atoms with Crippen LogP contribution in [0.2, 0.25) is 0 Å². The number of thiazole rings is 1. The first-order valence-corrected chi connectivity index (χ1v) is 9.78. The van der Waals surface area contributed by atoms with E-state index in [2.05, 4.69) is 20.9 Å². The fourth-order valence-electron chi connectivity index (χ4n) is 2.61. The molecule has 0 aromatic carbocycles. The molecule has 3 aromatic heterocycles. The molecule has 0 fully saturated rings. The molecule has 1 N–H and O–H groups in total. The van der Waals surface area contributed by atoms with Crippen molar-refractivity contribution in [3.63, 3.8) is 0 Å². The van der Waals surface area contributed by atoms with E-state index in [0.29, 0.717) is 16.4 Å². The summed E-state index contributed by atoms with van der Waals surface area (Å²) in [5.41, 5.74) is 3.08. The van der Waals surface area contributed by atoms with Gasteiger partial charge in [0.1, 0.15) is 6.61 Å². The topological polar surface area (TPSA) is 73.2 Å². The molecule has 136 valence electrons. The number of amides is 1. The summed E-state index contributed by atoms with van der Waals surface area (Å²) in [6.45, 7) is 6.15. The second-order valence-corrected chi connectivity index (χ2v) is 7.74. The minimum absolute atomic E-state index is 0.0729. The third-order valence-electron chi connectivity index (χ3n) is 3.87. The van der Waals surface area contributed by atoms with Crippen LogP contribution in [0.4, 0.5) is 5.13 Å². The molecule has 0 saturated carbocycles. The van der Waals surface area contributed by atoms with Gasteiger partial charge in [0, 0.05) is 28.6 Å². The maximum Gasteiger partial charge on any atom is 0.340 e. The summed E-state index contributed by atoms with van der Waals surface area (Å²) in [7, 11) is 0. The van der Waals surface area contributed by atoms with Gasteiger partial charge in [0.25, 0.3) is 0 Å². The summed E-state index contributed by atoms with van der Waals surface area (Å²) in [6.07, 6.45) is 0. The molecular formula is C18H19N3O3S2. The molecule has 0 bridgehead atoms. The van der Waals surface area contributed by atoms with Crippen molar-refractivity contribution in [1.29, 1.82) is 0 Å².